The number of rotatable bonds is 34. The lowest BCUT2D eigenvalue weighted by Crippen LogP contribution is -2.15. The number of unbranched alkanes of at least 4 members (excludes halogenated alkanes) is 28. The van der Waals surface area contributed by atoms with Crippen molar-refractivity contribution in [2.45, 2.75) is 213 Å². The van der Waals surface area contributed by atoms with Crippen LogP contribution in [0.3, 0.4) is 0 Å². The number of hydrogen-bond acceptors (Lipinski definition) is 4. The van der Waals surface area contributed by atoms with E-state index in [1.807, 2.05) is 12.5 Å². The van der Waals surface area contributed by atoms with Gasteiger partial charge in [-0.15, -0.1) is 0 Å². The smallest absolute Gasteiger partial charge is 0.100 e. The van der Waals surface area contributed by atoms with Crippen LogP contribution in [0, 0.1) is 0 Å². The van der Waals surface area contributed by atoms with Crippen LogP contribution in [0.15, 0.2) is 24.7 Å². The molecule has 0 aliphatic rings. The molecule has 0 aromatic heterocycles. The van der Waals surface area contributed by atoms with Gasteiger partial charge in [-0.3, -0.25) is 0 Å². The Hall–Kier alpha value is -0.840. The highest BCUT2D eigenvalue weighted by Gasteiger charge is 1.96. The third kappa shape index (κ3) is 45.7. The largest absolute Gasteiger partial charge is 0.473 e. The number of aliphatic hydroxyl groups excluding tert-OH is 3. The van der Waals surface area contributed by atoms with E-state index in [2.05, 4.69) is 26.0 Å². The van der Waals surface area contributed by atoms with Crippen LogP contribution >= 0.6 is 0 Å². The van der Waals surface area contributed by atoms with Crippen LogP contribution in [-0.4, -0.2) is 34.6 Å². The zero-order chi connectivity index (χ0) is 31.7. The fourth-order valence-corrected chi connectivity index (χ4v) is 5.26. The minimum absolute atomic E-state index is 0.365. The van der Waals surface area contributed by atoms with Crippen molar-refractivity contribution >= 4 is 0 Å². The molecule has 0 aromatic carbocycles. The Morgan fingerprint density at radius 2 is 0.628 bits per heavy atom. The van der Waals surface area contributed by atoms with Crippen LogP contribution < -0.4 is 0 Å². The Labute approximate surface area is 270 Å². The summed E-state index contributed by atoms with van der Waals surface area (Å²) in [6.45, 7) is 3.87. The lowest BCUT2D eigenvalue weighted by Gasteiger charge is -2.03. The predicted molar refractivity (Wildman–Crippen MR) is 189 cm³/mol. The van der Waals surface area contributed by atoms with E-state index in [4.69, 9.17) is 20.1 Å². The molecule has 0 fully saturated rings. The van der Waals surface area contributed by atoms with Crippen LogP contribution in [-0.2, 0) is 4.74 Å². The third-order valence-corrected chi connectivity index (χ3v) is 8.22. The molecule has 0 bridgehead atoms. The van der Waals surface area contributed by atoms with Crippen LogP contribution in [0.1, 0.15) is 206 Å². The van der Waals surface area contributed by atoms with E-state index in [-0.39, 0.29) is 13.2 Å². The molecule has 3 N–H and O–H groups in total. The van der Waals surface area contributed by atoms with E-state index in [1.165, 1.54) is 180 Å². The summed E-state index contributed by atoms with van der Waals surface area (Å²) >= 11 is 0. The topological polar surface area (TPSA) is 69.9 Å². The van der Waals surface area contributed by atoms with E-state index in [1.54, 1.807) is 0 Å². The standard InChI is InChI=1S/C36H70O.C3H8O3/c1-3-5-7-9-11-13-15-17-19-21-23-25-27-29-31-33-35-37-36-34-32-30-28-26-24-22-20-18-16-14-12-10-8-6-4-2;4-1-3(6)2-5/h33-36H,3-32H2,1-2H3;3-6H,1-2H2/b35-33+,36-34+;. The lowest BCUT2D eigenvalue weighted by atomic mass is 10.0. The first-order valence-electron chi connectivity index (χ1n) is 19.1. The molecule has 4 nitrogen and oxygen atoms in total. The van der Waals surface area contributed by atoms with Gasteiger partial charge in [-0.05, 0) is 37.8 Å². The summed E-state index contributed by atoms with van der Waals surface area (Å²) in [5.74, 6) is 0. The minimum atomic E-state index is -0.954. The van der Waals surface area contributed by atoms with Crippen molar-refractivity contribution < 1.29 is 20.1 Å². The van der Waals surface area contributed by atoms with Crippen molar-refractivity contribution in [2.75, 3.05) is 13.2 Å². The summed E-state index contributed by atoms with van der Waals surface area (Å²) in [7, 11) is 0. The molecule has 0 aromatic rings. The van der Waals surface area contributed by atoms with Crippen molar-refractivity contribution in [3.8, 4) is 0 Å². The Morgan fingerprint density at radius 1 is 0.395 bits per heavy atom. The van der Waals surface area contributed by atoms with Gasteiger partial charge in [0.2, 0.25) is 0 Å². The molecule has 0 heterocycles. The monoisotopic (exact) mass is 611 g/mol. The van der Waals surface area contributed by atoms with Gasteiger partial charge < -0.3 is 20.1 Å². The molecule has 0 spiro atoms. The average molecular weight is 611 g/mol. The van der Waals surface area contributed by atoms with Crippen LogP contribution in [0.4, 0.5) is 0 Å². The maximum absolute atomic E-state index is 8.17. The van der Waals surface area contributed by atoms with Crippen molar-refractivity contribution in [1.82, 2.24) is 0 Å². The second-order valence-electron chi connectivity index (χ2n) is 12.7. The van der Waals surface area contributed by atoms with Gasteiger partial charge in [0, 0.05) is 0 Å². The third-order valence-electron chi connectivity index (χ3n) is 8.22. The second kappa shape index (κ2) is 43.3. The Balaban J connectivity index is 0. The number of aliphatic hydroxyl groups is 3. The molecule has 4 heteroatoms. The number of allylic oxidation sites excluding steroid dienone is 2. The van der Waals surface area contributed by atoms with Crippen molar-refractivity contribution in [1.29, 1.82) is 0 Å². The highest BCUT2D eigenvalue weighted by molar-refractivity contribution is 4.79. The predicted octanol–water partition coefficient (Wildman–Crippen LogP) is 12.1. The molecule has 0 atom stereocenters. The van der Waals surface area contributed by atoms with Gasteiger partial charge in [-0.1, -0.05) is 181 Å². The van der Waals surface area contributed by atoms with Crippen LogP contribution in [0.2, 0.25) is 0 Å². The molecule has 0 amide bonds. The van der Waals surface area contributed by atoms with Gasteiger partial charge in [0.1, 0.15) is 6.10 Å². The minimum Gasteiger partial charge on any atom is -0.473 e. The van der Waals surface area contributed by atoms with Gasteiger partial charge in [-0.25, -0.2) is 0 Å². The molecule has 0 saturated heterocycles. The van der Waals surface area contributed by atoms with Crippen LogP contribution in [0.25, 0.3) is 0 Å². The summed E-state index contributed by atoms with van der Waals surface area (Å²) < 4.78 is 5.51. The fourth-order valence-electron chi connectivity index (χ4n) is 5.26. The normalized spacial score (nSPS) is 11.6. The molecule has 0 rings (SSSR count). The maximum atomic E-state index is 8.17. The lowest BCUT2D eigenvalue weighted by molar-refractivity contribution is 0.0450. The van der Waals surface area contributed by atoms with Gasteiger partial charge >= 0.3 is 0 Å². The first-order valence-corrected chi connectivity index (χ1v) is 19.1. The van der Waals surface area contributed by atoms with E-state index in [0.717, 1.165) is 12.8 Å². The molecule has 43 heavy (non-hydrogen) atoms. The molecule has 0 aliphatic carbocycles. The Bertz CT molecular complexity index is 475. The summed E-state index contributed by atoms with van der Waals surface area (Å²) in [4.78, 5) is 0. The van der Waals surface area contributed by atoms with Gasteiger partial charge in [-0.2, -0.15) is 0 Å². The van der Waals surface area contributed by atoms with Crippen molar-refractivity contribution in [3.05, 3.63) is 24.7 Å². The molecule has 0 aliphatic heterocycles. The zero-order valence-electron chi connectivity index (χ0n) is 29.3. The van der Waals surface area contributed by atoms with E-state index in [0.29, 0.717) is 0 Å². The SMILES string of the molecule is CCCCCCCCCCCCCCCC/C=C/O/C=C/CCCCCCCCCCCCCCCC.OCC(O)CO. The molecule has 258 valence electrons. The second-order valence-corrected chi connectivity index (χ2v) is 12.7. The highest BCUT2D eigenvalue weighted by atomic mass is 16.5. The quantitative estimate of drug-likeness (QED) is 0.0500. The maximum Gasteiger partial charge on any atom is 0.100 e. The molecule has 0 unspecified atom stereocenters. The first kappa shape index (κ1) is 44.3. The van der Waals surface area contributed by atoms with Gasteiger partial charge in [0.05, 0.1) is 25.7 Å². The fraction of sp³-hybridized carbons (Fsp3) is 0.897. The van der Waals surface area contributed by atoms with Crippen LogP contribution in [0.5, 0.6) is 0 Å². The summed E-state index contributed by atoms with van der Waals surface area (Å²) in [5, 5.41) is 24.0. The van der Waals surface area contributed by atoms with Crippen molar-refractivity contribution in [3.63, 3.8) is 0 Å². The molecular weight excluding hydrogens is 532 g/mol. The van der Waals surface area contributed by atoms with E-state index < -0.39 is 6.10 Å². The van der Waals surface area contributed by atoms with Crippen molar-refractivity contribution in [2.24, 2.45) is 0 Å². The van der Waals surface area contributed by atoms with Gasteiger partial charge in [0.25, 0.3) is 0 Å². The molecular formula is C39H78O4. The summed E-state index contributed by atoms with van der Waals surface area (Å²) in [6, 6.07) is 0. The van der Waals surface area contributed by atoms with E-state index in [9.17, 15) is 0 Å². The van der Waals surface area contributed by atoms with Gasteiger partial charge in [0.15, 0.2) is 0 Å². The molecule has 0 radical (unpaired) electrons. The number of ether oxygens (including phenoxy) is 1. The Kier molecular flexibility index (Phi) is 44.6. The number of hydrogen-bond donors (Lipinski definition) is 3. The highest BCUT2D eigenvalue weighted by Crippen LogP contribution is 2.15. The van der Waals surface area contributed by atoms with E-state index >= 15 is 0 Å². The molecule has 0 saturated carbocycles. The average Bonchev–Trinajstić information content (AvgIpc) is 3.03. The summed E-state index contributed by atoms with van der Waals surface area (Å²) in [5.41, 5.74) is 0. The Morgan fingerprint density at radius 3 is 0.837 bits per heavy atom. The summed E-state index contributed by atoms with van der Waals surface area (Å²) in [6.07, 6.45) is 49.4. The first-order chi connectivity index (χ1) is 21.2. The zero-order valence-corrected chi connectivity index (χ0v) is 29.3.